The molecule has 1 aliphatic heterocycles. The predicted octanol–water partition coefficient (Wildman–Crippen LogP) is 2.46. The number of benzene rings is 1. The molecule has 0 saturated carbocycles. The van der Waals surface area contributed by atoms with Gasteiger partial charge >= 0.3 is 0 Å². The number of carbonyl (C=O) groups is 1. The fourth-order valence-electron chi connectivity index (χ4n) is 2.78. The number of nitrogens with zero attached hydrogens (tertiary/aromatic N) is 3. The highest BCUT2D eigenvalue weighted by Gasteiger charge is 2.22. The summed E-state index contributed by atoms with van der Waals surface area (Å²) in [6, 6.07) is 8.80. The summed E-state index contributed by atoms with van der Waals surface area (Å²) in [4.78, 5) is 23.1. The van der Waals surface area contributed by atoms with Crippen LogP contribution in [-0.4, -0.2) is 46.0 Å². The molecular weight excluding hydrogens is 304 g/mol. The van der Waals surface area contributed by atoms with E-state index >= 15 is 0 Å². The lowest BCUT2D eigenvalue weighted by atomic mass is 10.0. The number of hydrogen-bond acceptors (Lipinski definition) is 5. The van der Waals surface area contributed by atoms with Gasteiger partial charge in [0, 0.05) is 25.8 Å². The molecule has 6 heteroatoms. The molecule has 6 nitrogen and oxygen atoms in total. The number of anilines is 1. The van der Waals surface area contributed by atoms with Crippen molar-refractivity contribution in [3.05, 3.63) is 53.4 Å². The number of phenolic OH excluding ortho intramolecular Hbond substituents is 1. The van der Waals surface area contributed by atoms with E-state index in [1.54, 1.807) is 36.2 Å². The van der Waals surface area contributed by atoms with Gasteiger partial charge in [0.2, 0.25) is 5.95 Å². The third-order valence-corrected chi connectivity index (χ3v) is 3.95. The van der Waals surface area contributed by atoms with Crippen LogP contribution >= 0.6 is 0 Å². The first-order valence-corrected chi connectivity index (χ1v) is 7.88. The summed E-state index contributed by atoms with van der Waals surface area (Å²) in [6.07, 6.45) is 2.89. The quantitative estimate of drug-likeness (QED) is 0.907. The minimum absolute atomic E-state index is 0.109. The SMILES string of the molecule is CNc1nc(C)cc(C(=O)N2CCC=C(c3cccc(O)c3)C2)n1. The summed E-state index contributed by atoms with van der Waals surface area (Å²) in [6.45, 7) is 2.99. The second-order valence-electron chi connectivity index (χ2n) is 5.76. The van der Waals surface area contributed by atoms with Gasteiger partial charge in [-0.05, 0) is 42.7 Å². The molecular formula is C18H20N4O2. The van der Waals surface area contributed by atoms with Gasteiger partial charge in [0.15, 0.2) is 0 Å². The minimum atomic E-state index is -0.109. The van der Waals surface area contributed by atoms with E-state index in [1.807, 2.05) is 13.0 Å². The van der Waals surface area contributed by atoms with Gasteiger partial charge in [-0.15, -0.1) is 0 Å². The summed E-state index contributed by atoms with van der Waals surface area (Å²) in [5, 5.41) is 12.5. The molecule has 1 aromatic heterocycles. The van der Waals surface area contributed by atoms with Crippen molar-refractivity contribution < 1.29 is 9.90 Å². The number of aromatic nitrogens is 2. The zero-order valence-corrected chi connectivity index (χ0v) is 13.8. The normalized spacial score (nSPS) is 14.2. The number of phenols is 1. The molecule has 3 rings (SSSR count). The lowest BCUT2D eigenvalue weighted by molar-refractivity contribution is 0.0769. The van der Waals surface area contributed by atoms with E-state index in [0.29, 0.717) is 24.7 Å². The van der Waals surface area contributed by atoms with Crippen molar-refractivity contribution in [2.24, 2.45) is 0 Å². The number of hydrogen-bond donors (Lipinski definition) is 2. The van der Waals surface area contributed by atoms with Crippen molar-refractivity contribution in [2.45, 2.75) is 13.3 Å². The van der Waals surface area contributed by atoms with Crippen LogP contribution in [0.1, 0.15) is 28.2 Å². The number of aromatic hydroxyl groups is 1. The maximum absolute atomic E-state index is 12.8. The molecule has 0 spiro atoms. The van der Waals surface area contributed by atoms with Gasteiger partial charge in [-0.25, -0.2) is 9.97 Å². The van der Waals surface area contributed by atoms with Crippen LogP contribution in [0.3, 0.4) is 0 Å². The van der Waals surface area contributed by atoms with Crippen LogP contribution in [0, 0.1) is 6.92 Å². The van der Waals surface area contributed by atoms with Gasteiger partial charge in [-0.2, -0.15) is 0 Å². The number of amides is 1. The molecule has 124 valence electrons. The molecule has 0 fully saturated rings. The molecule has 1 aliphatic rings. The molecule has 24 heavy (non-hydrogen) atoms. The lowest BCUT2D eigenvalue weighted by Gasteiger charge is -2.27. The monoisotopic (exact) mass is 324 g/mol. The maximum Gasteiger partial charge on any atom is 0.272 e. The largest absolute Gasteiger partial charge is 0.508 e. The van der Waals surface area contributed by atoms with Crippen molar-refractivity contribution in [3.63, 3.8) is 0 Å². The lowest BCUT2D eigenvalue weighted by Crippen LogP contribution is -2.36. The van der Waals surface area contributed by atoms with Gasteiger partial charge in [-0.3, -0.25) is 4.79 Å². The molecule has 1 amide bonds. The fourth-order valence-corrected chi connectivity index (χ4v) is 2.78. The van der Waals surface area contributed by atoms with Crippen LogP contribution in [0.25, 0.3) is 5.57 Å². The predicted molar refractivity (Wildman–Crippen MR) is 92.9 cm³/mol. The van der Waals surface area contributed by atoms with Crippen molar-refractivity contribution in [3.8, 4) is 5.75 Å². The van der Waals surface area contributed by atoms with Crippen LogP contribution in [0.4, 0.5) is 5.95 Å². The molecule has 1 aromatic carbocycles. The zero-order valence-electron chi connectivity index (χ0n) is 13.8. The third-order valence-electron chi connectivity index (χ3n) is 3.95. The van der Waals surface area contributed by atoms with E-state index in [1.165, 1.54) is 0 Å². The molecule has 2 aromatic rings. The van der Waals surface area contributed by atoms with Gasteiger partial charge < -0.3 is 15.3 Å². The average Bonchev–Trinajstić information content (AvgIpc) is 2.60. The molecule has 0 bridgehead atoms. The molecule has 0 radical (unpaired) electrons. The van der Waals surface area contributed by atoms with Crippen LogP contribution < -0.4 is 5.32 Å². The molecule has 0 unspecified atom stereocenters. The first kappa shape index (κ1) is 16.0. The fraction of sp³-hybridized carbons (Fsp3) is 0.278. The summed E-state index contributed by atoms with van der Waals surface area (Å²) in [5.41, 5.74) is 3.11. The molecule has 0 atom stereocenters. The third kappa shape index (κ3) is 3.37. The van der Waals surface area contributed by atoms with Gasteiger partial charge in [0.05, 0.1) is 0 Å². The van der Waals surface area contributed by atoms with Crippen LogP contribution in [0.2, 0.25) is 0 Å². The maximum atomic E-state index is 12.8. The highest BCUT2D eigenvalue weighted by Crippen LogP contribution is 2.24. The van der Waals surface area contributed by atoms with Crippen molar-refractivity contribution in [1.29, 1.82) is 0 Å². The average molecular weight is 324 g/mol. The van der Waals surface area contributed by atoms with Crippen molar-refractivity contribution >= 4 is 17.4 Å². The summed E-state index contributed by atoms with van der Waals surface area (Å²) in [5.74, 6) is 0.559. The van der Waals surface area contributed by atoms with Crippen LogP contribution in [0.5, 0.6) is 5.75 Å². The van der Waals surface area contributed by atoms with Gasteiger partial charge in [0.1, 0.15) is 11.4 Å². The van der Waals surface area contributed by atoms with E-state index in [9.17, 15) is 9.90 Å². The second kappa shape index (κ2) is 6.70. The molecule has 0 aliphatic carbocycles. The molecule has 2 N–H and O–H groups in total. The summed E-state index contributed by atoms with van der Waals surface area (Å²) in [7, 11) is 1.73. The van der Waals surface area contributed by atoms with E-state index in [-0.39, 0.29) is 11.7 Å². The van der Waals surface area contributed by atoms with E-state index in [4.69, 9.17) is 0 Å². The number of nitrogens with one attached hydrogen (secondary N) is 1. The van der Waals surface area contributed by atoms with Crippen molar-refractivity contribution in [2.75, 3.05) is 25.5 Å². The van der Waals surface area contributed by atoms with Crippen molar-refractivity contribution in [1.82, 2.24) is 14.9 Å². The van der Waals surface area contributed by atoms with E-state index in [0.717, 1.165) is 23.3 Å². The van der Waals surface area contributed by atoms with E-state index < -0.39 is 0 Å². The Balaban J connectivity index is 1.82. The smallest absolute Gasteiger partial charge is 0.272 e. The summed E-state index contributed by atoms with van der Waals surface area (Å²) < 4.78 is 0. The van der Waals surface area contributed by atoms with E-state index in [2.05, 4.69) is 21.4 Å². The Morgan fingerprint density at radius 2 is 2.12 bits per heavy atom. The van der Waals surface area contributed by atoms with Crippen LogP contribution in [-0.2, 0) is 0 Å². The highest BCUT2D eigenvalue weighted by molar-refractivity contribution is 5.94. The zero-order chi connectivity index (χ0) is 17.1. The molecule has 0 saturated heterocycles. The Labute approximate surface area is 140 Å². The minimum Gasteiger partial charge on any atom is -0.508 e. The number of aryl methyl sites for hydroxylation is 1. The Bertz CT molecular complexity index is 801. The Morgan fingerprint density at radius 1 is 1.29 bits per heavy atom. The Hall–Kier alpha value is -2.89. The van der Waals surface area contributed by atoms with Gasteiger partial charge in [-0.1, -0.05) is 18.2 Å². The standard InChI is InChI=1S/C18H20N4O2/c1-12-9-16(21-18(19-2)20-12)17(24)22-8-4-6-14(11-22)13-5-3-7-15(23)10-13/h3,5-7,9-10,23H,4,8,11H2,1-2H3,(H,19,20,21). The first-order chi connectivity index (χ1) is 11.6. The highest BCUT2D eigenvalue weighted by atomic mass is 16.3. The molecule has 2 heterocycles. The number of rotatable bonds is 3. The Morgan fingerprint density at radius 3 is 2.88 bits per heavy atom. The second-order valence-corrected chi connectivity index (χ2v) is 5.76. The summed E-state index contributed by atoms with van der Waals surface area (Å²) >= 11 is 0. The van der Waals surface area contributed by atoms with Gasteiger partial charge in [0.25, 0.3) is 5.91 Å². The number of carbonyl (C=O) groups excluding carboxylic acids is 1. The Kier molecular flexibility index (Phi) is 4.46. The van der Waals surface area contributed by atoms with Crippen LogP contribution in [0.15, 0.2) is 36.4 Å². The first-order valence-electron chi connectivity index (χ1n) is 7.88. The topological polar surface area (TPSA) is 78.4 Å².